The van der Waals surface area contributed by atoms with Gasteiger partial charge in [-0.05, 0) is 12.1 Å². The molecular weight excluding hydrogens is 133 g/mol. The van der Waals surface area contributed by atoms with Crippen molar-refractivity contribution in [3.63, 3.8) is 0 Å². The summed E-state index contributed by atoms with van der Waals surface area (Å²) in [7, 11) is 0. The maximum Gasteiger partial charge on any atom is 0.123 e. The van der Waals surface area contributed by atoms with Gasteiger partial charge in [-0.3, -0.25) is 0 Å². The summed E-state index contributed by atoms with van der Waals surface area (Å²) in [6, 6.07) is 3.49. The second kappa shape index (κ2) is 1.76. The Morgan fingerprint density at radius 3 is 2.43 bits per heavy atom. The van der Waals surface area contributed by atoms with Gasteiger partial charge in [-0.15, -0.1) is 0 Å². The van der Waals surface area contributed by atoms with Gasteiger partial charge in [0.25, 0.3) is 0 Å². The first-order valence-corrected chi connectivity index (χ1v) is 2.51. The third kappa shape index (κ3) is 0.898. The quantitative estimate of drug-likeness (QED) is 0.514. The van der Waals surface area contributed by atoms with Gasteiger partial charge in [0, 0.05) is 18.0 Å². The largest absolute Gasteiger partial charge is 0.250 e. The van der Waals surface area contributed by atoms with Crippen molar-refractivity contribution < 1.29 is 0 Å². The molecule has 0 N–H and O–H groups in total. The lowest BCUT2D eigenvalue weighted by Gasteiger charge is -1.82. The Morgan fingerprint density at radius 1 is 1.57 bits per heavy atom. The highest BCUT2D eigenvalue weighted by Gasteiger charge is 1.87. The standard InChI is InChI=1S/C4H3Cl2N/c5-4-2-1-3-7(4)6/h1-3H. The second-order valence-electron chi connectivity index (χ2n) is 1.14. The predicted molar refractivity (Wildman–Crippen MR) is 30.7 cm³/mol. The zero-order chi connectivity index (χ0) is 5.28. The molecule has 0 aliphatic carbocycles. The molecule has 0 aliphatic rings. The molecule has 0 atom stereocenters. The molecule has 0 radical (unpaired) electrons. The van der Waals surface area contributed by atoms with E-state index in [2.05, 4.69) is 0 Å². The Bertz CT molecular complexity index is 142. The van der Waals surface area contributed by atoms with E-state index in [1.807, 2.05) is 0 Å². The SMILES string of the molecule is Clc1cccn1Cl. The lowest BCUT2D eigenvalue weighted by Crippen LogP contribution is -1.69. The first-order chi connectivity index (χ1) is 3.30. The zero-order valence-corrected chi connectivity index (χ0v) is 4.95. The summed E-state index contributed by atoms with van der Waals surface area (Å²) in [5, 5.41) is 0.543. The summed E-state index contributed by atoms with van der Waals surface area (Å²) >= 11 is 10.9. The van der Waals surface area contributed by atoms with Gasteiger partial charge in [0.2, 0.25) is 0 Å². The molecule has 0 bridgehead atoms. The maximum atomic E-state index is 5.46. The summed E-state index contributed by atoms with van der Waals surface area (Å²) in [4.78, 5) is 0. The van der Waals surface area contributed by atoms with Crippen molar-refractivity contribution in [1.82, 2.24) is 4.09 Å². The molecule has 0 unspecified atom stereocenters. The van der Waals surface area contributed by atoms with Gasteiger partial charge in [-0.1, -0.05) is 11.6 Å². The number of hydrogen-bond donors (Lipinski definition) is 0. The van der Waals surface area contributed by atoms with Crippen LogP contribution in [0.2, 0.25) is 5.15 Å². The first kappa shape index (κ1) is 5.01. The normalized spacial score (nSPS) is 9.43. The van der Waals surface area contributed by atoms with E-state index in [4.69, 9.17) is 23.4 Å². The molecule has 38 valence electrons. The van der Waals surface area contributed by atoms with Gasteiger partial charge in [0.05, 0.1) is 0 Å². The van der Waals surface area contributed by atoms with Crippen LogP contribution in [-0.2, 0) is 0 Å². The highest BCUT2D eigenvalue weighted by molar-refractivity contribution is 6.33. The van der Waals surface area contributed by atoms with E-state index in [0.717, 1.165) is 0 Å². The number of aromatic nitrogens is 1. The van der Waals surface area contributed by atoms with Crippen LogP contribution in [-0.4, -0.2) is 4.09 Å². The maximum absolute atomic E-state index is 5.46. The Labute approximate surface area is 51.6 Å². The topological polar surface area (TPSA) is 4.93 Å². The fraction of sp³-hybridized carbons (Fsp3) is 0. The summed E-state index contributed by atoms with van der Waals surface area (Å²) in [5.41, 5.74) is 0. The van der Waals surface area contributed by atoms with Gasteiger partial charge in [0.15, 0.2) is 0 Å². The molecule has 0 aromatic carbocycles. The number of halogens is 2. The van der Waals surface area contributed by atoms with E-state index >= 15 is 0 Å². The Kier molecular flexibility index (Phi) is 1.26. The molecule has 1 nitrogen and oxygen atoms in total. The predicted octanol–water partition coefficient (Wildman–Crippen LogP) is 2.14. The molecule has 1 rings (SSSR count). The molecule has 1 heterocycles. The summed E-state index contributed by atoms with van der Waals surface area (Å²) in [6.07, 6.45) is 1.67. The van der Waals surface area contributed by atoms with E-state index < -0.39 is 0 Å². The van der Waals surface area contributed by atoms with Crippen LogP contribution < -0.4 is 0 Å². The van der Waals surface area contributed by atoms with Gasteiger partial charge in [-0.25, -0.2) is 4.09 Å². The smallest absolute Gasteiger partial charge is 0.123 e. The van der Waals surface area contributed by atoms with Crippen molar-refractivity contribution in [3.05, 3.63) is 23.5 Å². The minimum atomic E-state index is 0.543. The summed E-state index contributed by atoms with van der Waals surface area (Å²) in [6.45, 7) is 0. The monoisotopic (exact) mass is 135 g/mol. The molecule has 0 amide bonds. The van der Waals surface area contributed by atoms with Crippen molar-refractivity contribution in [2.75, 3.05) is 0 Å². The molecule has 0 fully saturated rings. The Morgan fingerprint density at radius 2 is 2.29 bits per heavy atom. The third-order valence-electron chi connectivity index (χ3n) is 0.655. The lowest BCUT2D eigenvalue weighted by atomic mass is 10.7. The summed E-state index contributed by atoms with van der Waals surface area (Å²) in [5.74, 6) is 0. The number of rotatable bonds is 0. The van der Waals surface area contributed by atoms with Gasteiger partial charge < -0.3 is 0 Å². The molecule has 0 spiro atoms. The first-order valence-electron chi connectivity index (χ1n) is 1.80. The molecule has 0 aliphatic heterocycles. The van der Waals surface area contributed by atoms with E-state index in [-0.39, 0.29) is 0 Å². The molecular formula is C4H3Cl2N. The highest BCUT2D eigenvalue weighted by atomic mass is 35.5. The van der Waals surface area contributed by atoms with Crippen LogP contribution in [0.5, 0.6) is 0 Å². The van der Waals surface area contributed by atoms with Gasteiger partial charge in [-0.2, -0.15) is 0 Å². The third-order valence-corrected chi connectivity index (χ3v) is 1.34. The fourth-order valence-electron chi connectivity index (χ4n) is 0.340. The van der Waals surface area contributed by atoms with Crippen LogP contribution in [0.1, 0.15) is 0 Å². The average Bonchev–Trinajstić information content (AvgIpc) is 1.91. The molecule has 7 heavy (non-hydrogen) atoms. The van der Waals surface area contributed by atoms with Crippen molar-refractivity contribution >= 4 is 23.4 Å². The fourth-order valence-corrected chi connectivity index (χ4v) is 0.591. The van der Waals surface area contributed by atoms with Gasteiger partial charge >= 0.3 is 0 Å². The van der Waals surface area contributed by atoms with Crippen LogP contribution in [0.25, 0.3) is 0 Å². The van der Waals surface area contributed by atoms with Crippen LogP contribution >= 0.6 is 23.4 Å². The van der Waals surface area contributed by atoms with Crippen LogP contribution in [0.3, 0.4) is 0 Å². The lowest BCUT2D eigenvalue weighted by molar-refractivity contribution is 1.27. The molecule has 1 aromatic heterocycles. The second-order valence-corrected chi connectivity index (χ2v) is 1.89. The van der Waals surface area contributed by atoms with Crippen molar-refractivity contribution in [3.8, 4) is 0 Å². The van der Waals surface area contributed by atoms with E-state index in [1.165, 1.54) is 4.09 Å². The van der Waals surface area contributed by atoms with Crippen molar-refractivity contribution in [2.45, 2.75) is 0 Å². The highest BCUT2D eigenvalue weighted by Crippen LogP contribution is 2.08. The number of hydrogen-bond acceptors (Lipinski definition) is 0. The van der Waals surface area contributed by atoms with Crippen LogP contribution in [0, 0.1) is 0 Å². The zero-order valence-electron chi connectivity index (χ0n) is 3.44. The minimum absolute atomic E-state index is 0.543. The molecule has 3 heteroatoms. The minimum Gasteiger partial charge on any atom is -0.250 e. The molecule has 0 saturated carbocycles. The van der Waals surface area contributed by atoms with Crippen LogP contribution in [0.15, 0.2) is 18.3 Å². The van der Waals surface area contributed by atoms with Crippen molar-refractivity contribution in [2.24, 2.45) is 0 Å². The van der Waals surface area contributed by atoms with E-state index in [1.54, 1.807) is 18.3 Å². The summed E-state index contributed by atoms with van der Waals surface area (Å²) < 4.78 is 1.32. The van der Waals surface area contributed by atoms with Crippen LogP contribution in [0.4, 0.5) is 0 Å². The molecule has 0 saturated heterocycles. The average molecular weight is 136 g/mol. The molecule has 1 aromatic rings. The Balaban J connectivity index is 3.12. The Hall–Kier alpha value is -0.140. The van der Waals surface area contributed by atoms with Gasteiger partial charge in [0.1, 0.15) is 5.15 Å². The van der Waals surface area contributed by atoms with Crippen molar-refractivity contribution in [1.29, 1.82) is 0 Å². The van der Waals surface area contributed by atoms with E-state index in [0.29, 0.717) is 5.15 Å². The van der Waals surface area contributed by atoms with E-state index in [9.17, 15) is 0 Å². The number of nitrogens with zero attached hydrogens (tertiary/aromatic N) is 1.